The molecule has 0 spiro atoms. The monoisotopic (exact) mass is 578 g/mol. The third-order valence-corrected chi connectivity index (χ3v) is 7.58. The molecule has 1 saturated heterocycles. The third-order valence-electron chi connectivity index (χ3n) is 6.31. The van der Waals surface area contributed by atoms with Crippen LogP contribution in [0.1, 0.15) is 37.9 Å². The molecule has 2 heterocycles. The number of benzene rings is 3. The van der Waals surface area contributed by atoms with E-state index in [-0.39, 0.29) is 11.3 Å². The van der Waals surface area contributed by atoms with E-state index < -0.39 is 17.7 Å². The van der Waals surface area contributed by atoms with E-state index >= 15 is 0 Å². The molecular formula is C30H27ClN2O6S. The standard InChI is InChI=1S/C30H27ClN2O6S/c1-4-37-20-12-13-21-24(16-20)40-30(32-21)33-26(18-9-14-22(38-5-2)23(15-18)39-6-3)25(28(35)29(33)36)27(34)17-7-10-19(31)11-8-17/h7-16,26,34H,4-6H2,1-3H3. The van der Waals surface area contributed by atoms with Gasteiger partial charge >= 0.3 is 5.91 Å². The van der Waals surface area contributed by atoms with Gasteiger partial charge < -0.3 is 19.3 Å². The highest BCUT2D eigenvalue weighted by molar-refractivity contribution is 7.22. The van der Waals surface area contributed by atoms with Crippen LogP contribution in [-0.2, 0) is 9.59 Å². The largest absolute Gasteiger partial charge is 0.507 e. The summed E-state index contributed by atoms with van der Waals surface area (Å²) < 4.78 is 18.0. The van der Waals surface area contributed by atoms with Crippen LogP contribution in [0.15, 0.2) is 66.2 Å². The summed E-state index contributed by atoms with van der Waals surface area (Å²) in [6.07, 6.45) is 0. The first-order chi connectivity index (χ1) is 19.4. The lowest BCUT2D eigenvalue weighted by molar-refractivity contribution is -0.132. The van der Waals surface area contributed by atoms with E-state index in [2.05, 4.69) is 4.98 Å². The number of thiazole rings is 1. The van der Waals surface area contributed by atoms with Crippen molar-refractivity contribution < 1.29 is 28.9 Å². The van der Waals surface area contributed by atoms with Crippen molar-refractivity contribution in [1.29, 1.82) is 0 Å². The van der Waals surface area contributed by atoms with Crippen molar-refractivity contribution in [2.45, 2.75) is 26.8 Å². The zero-order chi connectivity index (χ0) is 28.4. The first-order valence-electron chi connectivity index (χ1n) is 12.9. The number of halogens is 1. The van der Waals surface area contributed by atoms with Crippen LogP contribution in [0.25, 0.3) is 16.0 Å². The maximum absolute atomic E-state index is 13.6. The number of hydrogen-bond acceptors (Lipinski definition) is 8. The quantitative estimate of drug-likeness (QED) is 0.133. The van der Waals surface area contributed by atoms with Crippen molar-refractivity contribution in [1.82, 2.24) is 4.98 Å². The predicted molar refractivity (Wildman–Crippen MR) is 156 cm³/mol. The van der Waals surface area contributed by atoms with Gasteiger partial charge in [0.1, 0.15) is 11.5 Å². The molecule has 1 aliphatic heterocycles. The van der Waals surface area contributed by atoms with Gasteiger partial charge in [0.25, 0.3) is 5.78 Å². The van der Waals surface area contributed by atoms with Crippen molar-refractivity contribution >= 4 is 55.7 Å². The second kappa shape index (κ2) is 11.6. The van der Waals surface area contributed by atoms with E-state index in [0.717, 1.165) is 4.70 Å². The lowest BCUT2D eigenvalue weighted by atomic mass is 9.95. The number of carbonyl (C=O) groups is 2. The Balaban J connectivity index is 1.71. The van der Waals surface area contributed by atoms with Crippen LogP contribution >= 0.6 is 22.9 Å². The van der Waals surface area contributed by atoms with Crippen molar-refractivity contribution in [3.63, 3.8) is 0 Å². The van der Waals surface area contributed by atoms with Crippen LogP contribution in [0.3, 0.4) is 0 Å². The van der Waals surface area contributed by atoms with Crippen LogP contribution in [0.2, 0.25) is 5.02 Å². The van der Waals surface area contributed by atoms with Gasteiger partial charge in [-0.05, 0) is 80.9 Å². The Labute approximate surface area is 240 Å². The topological polar surface area (TPSA) is 98.2 Å². The fourth-order valence-electron chi connectivity index (χ4n) is 4.60. The molecule has 8 nitrogen and oxygen atoms in total. The molecule has 0 radical (unpaired) electrons. The van der Waals surface area contributed by atoms with E-state index in [9.17, 15) is 14.7 Å². The van der Waals surface area contributed by atoms with Crippen molar-refractivity contribution in [3.8, 4) is 17.2 Å². The molecule has 10 heteroatoms. The van der Waals surface area contributed by atoms with Crippen LogP contribution in [0, 0.1) is 0 Å². The molecule has 1 fully saturated rings. The van der Waals surface area contributed by atoms with E-state index in [4.69, 9.17) is 25.8 Å². The number of aliphatic hydroxyl groups is 1. The number of anilines is 1. The highest BCUT2D eigenvalue weighted by atomic mass is 35.5. The molecule has 206 valence electrons. The highest BCUT2D eigenvalue weighted by Gasteiger charge is 2.48. The summed E-state index contributed by atoms with van der Waals surface area (Å²) in [5.41, 5.74) is 1.50. The lowest BCUT2D eigenvalue weighted by Crippen LogP contribution is -2.29. The van der Waals surface area contributed by atoms with E-state index in [1.165, 1.54) is 16.2 Å². The van der Waals surface area contributed by atoms with E-state index in [1.54, 1.807) is 42.5 Å². The molecule has 0 saturated carbocycles. The number of Topliss-reactive ketones (excluding diaryl/α,β-unsaturated/α-hetero) is 1. The van der Waals surface area contributed by atoms with Crippen molar-refractivity contribution in [2.24, 2.45) is 0 Å². The zero-order valence-corrected chi connectivity index (χ0v) is 23.7. The molecule has 1 unspecified atom stereocenters. The maximum atomic E-state index is 13.6. The molecule has 5 rings (SSSR count). The summed E-state index contributed by atoms with van der Waals surface area (Å²) in [7, 11) is 0. The van der Waals surface area contributed by atoms with E-state index in [0.29, 0.717) is 63.9 Å². The van der Waals surface area contributed by atoms with Gasteiger partial charge in [0, 0.05) is 10.6 Å². The van der Waals surface area contributed by atoms with Gasteiger partial charge in [-0.15, -0.1) is 0 Å². The van der Waals surface area contributed by atoms with Crippen molar-refractivity contribution in [2.75, 3.05) is 24.7 Å². The Morgan fingerprint density at radius 3 is 2.33 bits per heavy atom. The molecule has 0 aliphatic carbocycles. The summed E-state index contributed by atoms with van der Waals surface area (Å²) in [6, 6.07) is 16.1. The van der Waals surface area contributed by atoms with Crippen LogP contribution in [-0.4, -0.2) is 41.6 Å². The Kier molecular flexibility index (Phi) is 7.95. The molecule has 1 amide bonds. The van der Waals surface area contributed by atoms with Gasteiger partial charge in [-0.3, -0.25) is 14.5 Å². The highest BCUT2D eigenvalue weighted by Crippen LogP contribution is 2.46. The minimum Gasteiger partial charge on any atom is -0.507 e. The van der Waals surface area contributed by atoms with Gasteiger partial charge in [-0.25, -0.2) is 4.98 Å². The third kappa shape index (κ3) is 5.10. The first kappa shape index (κ1) is 27.5. The molecule has 40 heavy (non-hydrogen) atoms. The van der Waals surface area contributed by atoms with Gasteiger partial charge in [0.2, 0.25) is 0 Å². The van der Waals surface area contributed by atoms with Crippen molar-refractivity contribution in [3.05, 3.63) is 82.4 Å². The molecule has 3 aromatic carbocycles. The summed E-state index contributed by atoms with van der Waals surface area (Å²) in [5.74, 6) is -0.251. The van der Waals surface area contributed by atoms with Crippen LogP contribution in [0.5, 0.6) is 17.2 Å². The number of nitrogens with zero attached hydrogens (tertiary/aromatic N) is 2. The Bertz CT molecular complexity index is 1610. The lowest BCUT2D eigenvalue weighted by Gasteiger charge is -2.24. The molecule has 0 bridgehead atoms. The molecule has 1 aliphatic rings. The average Bonchev–Trinajstić information content (AvgIpc) is 3.48. The second-order valence-corrected chi connectivity index (χ2v) is 10.3. The number of rotatable bonds is 9. The Hall–Kier alpha value is -4.08. The molecule has 1 atom stereocenters. The number of ketones is 1. The van der Waals surface area contributed by atoms with Crippen LogP contribution < -0.4 is 19.1 Å². The smallest absolute Gasteiger partial charge is 0.301 e. The van der Waals surface area contributed by atoms with Gasteiger partial charge in [-0.2, -0.15) is 0 Å². The van der Waals surface area contributed by atoms with Gasteiger partial charge in [0.05, 0.1) is 41.7 Å². The minimum absolute atomic E-state index is 0.0619. The fraction of sp³-hybridized carbons (Fsp3) is 0.233. The maximum Gasteiger partial charge on any atom is 0.301 e. The molecule has 1 N–H and O–H groups in total. The Morgan fingerprint density at radius 2 is 1.62 bits per heavy atom. The minimum atomic E-state index is -0.975. The van der Waals surface area contributed by atoms with Gasteiger partial charge in [0.15, 0.2) is 16.6 Å². The molecule has 1 aromatic heterocycles. The number of amides is 1. The summed E-state index contributed by atoms with van der Waals surface area (Å²) in [4.78, 5) is 33.2. The van der Waals surface area contributed by atoms with Crippen LogP contribution in [0.4, 0.5) is 5.13 Å². The predicted octanol–water partition coefficient (Wildman–Crippen LogP) is 6.77. The number of aliphatic hydroxyl groups excluding tert-OH is 1. The van der Waals surface area contributed by atoms with Gasteiger partial charge in [-0.1, -0.05) is 29.0 Å². The summed E-state index contributed by atoms with van der Waals surface area (Å²) in [6.45, 7) is 6.95. The zero-order valence-electron chi connectivity index (χ0n) is 22.1. The molecular weight excluding hydrogens is 552 g/mol. The first-order valence-corrected chi connectivity index (χ1v) is 14.1. The number of ether oxygens (including phenoxy) is 3. The Morgan fingerprint density at radius 1 is 0.925 bits per heavy atom. The number of carbonyl (C=O) groups excluding carboxylic acids is 2. The molecule has 4 aromatic rings. The number of aromatic nitrogens is 1. The average molecular weight is 579 g/mol. The SMILES string of the molecule is CCOc1ccc2nc(N3C(=O)C(=O)C(=C(O)c4ccc(Cl)cc4)C3c3ccc(OCC)c(OCC)c3)sc2c1. The normalized spacial score (nSPS) is 16.5. The van der Waals surface area contributed by atoms with E-state index in [1.807, 2.05) is 39.0 Å². The number of hydrogen-bond donors (Lipinski definition) is 1. The fourth-order valence-corrected chi connectivity index (χ4v) is 5.75. The second-order valence-electron chi connectivity index (χ2n) is 8.81. The summed E-state index contributed by atoms with van der Waals surface area (Å²) >= 11 is 7.30. The number of fused-ring (bicyclic) bond motifs is 1. The summed E-state index contributed by atoms with van der Waals surface area (Å²) in [5, 5.41) is 12.2.